The molecule has 0 aromatic rings. The molecule has 0 saturated heterocycles. The summed E-state index contributed by atoms with van der Waals surface area (Å²) in [5.41, 5.74) is 0. The number of Topliss-reactive ketones (excluding diaryl/α,β-unsaturated/α-hetero) is 1. The lowest BCUT2D eigenvalue weighted by atomic mass is 10.3. The molecule has 0 amide bonds. The van der Waals surface area contributed by atoms with Gasteiger partial charge >= 0.3 is 0 Å². The Balaban J connectivity index is 3.88. The Bertz CT molecular complexity index is 126. The molecule has 0 aromatic heterocycles. The minimum Gasteiger partial charge on any atom is -0.303 e. The van der Waals surface area contributed by atoms with Gasteiger partial charge in [0, 0.05) is 0 Å². The average molecular weight is 189 g/mol. The Kier molecular flexibility index (Phi) is 3.48. The van der Waals surface area contributed by atoms with E-state index in [2.05, 4.69) is 0 Å². The van der Waals surface area contributed by atoms with Crippen molar-refractivity contribution in [2.24, 2.45) is 0 Å². The molecule has 0 aliphatic rings. The zero-order valence-electron chi connectivity index (χ0n) is 4.23. The second-order valence-corrected chi connectivity index (χ2v) is 3.57. The highest BCUT2D eigenvalue weighted by Gasteiger charge is 2.29. The predicted molar refractivity (Wildman–Crippen MR) is 36.0 cm³/mol. The number of hydrogen-bond donors (Lipinski definition) is 0. The van der Waals surface area contributed by atoms with E-state index in [4.69, 9.17) is 34.8 Å². The molecule has 0 aliphatic heterocycles. The third kappa shape index (κ3) is 3.73. The normalized spacial score (nSPS) is 11.0. The molecule has 0 radical (unpaired) electrons. The molecule has 0 spiro atoms. The molecule has 5 heteroatoms. The Hall–Kier alpha value is 0.210. The first-order valence-corrected chi connectivity index (χ1v) is 3.15. The van der Waals surface area contributed by atoms with Gasteiger partial charge in [-0.3, -0.25) is 4.79 Å². The van der Waals surface area contributed by atoms with Crippen molar-refractivity contribution in [1.82, 2.24) is 0 Å². The molecular formula is C4H3Cl3O2. The lowest BCUT2D eigenvalue weighted by Crippen LogP contribution is -2.18. The number of alkyl halides is 3. The quantitative estimate of drug-likeness (QED) is 0.375. The van der Waals surface area contributed by atoms with Gasteiger partial charge in [0.15, 0.2) is 5.78 Å². The maximum absolute atomic E-state index is 10.4. The van der Waals surface area contributed by atoms with E-state index in [-0.39, 0.29) is 6.42 Å². The maximum Gasteiger partial charge on any atom is 0.249 e. The number of aldehydes is 1. The van der Waals surface area contributed by atoms with E-state index in [1.807, 2.05) is 0 Å². The van der Waals surface area contributed by atoms with Crippen molar-refractivity contribution in [2.75, 3.05) is 0 Å². The van der Waals surface area contributed by atoms with Crippen LogP contribution in [0.4, 0.5) is 0 Å². The minimum absolute atomic E-state index is 0.351. The van der Waals surface area contributed by atoms with Crippen LogP contribution < -0.4 is 0 Å². The largest absolute Gasteiger partial charge is 0.303 e. The van der Waals surface area contributed by atoms with E-state index in [0.29, 0.717) is 6.29 Å². The van der Waals surface area contributed by atoms with Crippen molar-refractivity contribution in [3.05, 3.63) is 0 Å². The summed E-state index contributed by atoms with van der Waals surface area (Å²) in [6.45, 7) is 0. The zero-order valence-corrected chi connectivity index (χ0v) is 6.50. The van der Waals surface area contributed by atoms with Gasteiger partial charge in [-0.25, -0.2) is 0 Å². The van der Waals surface area contributed by atoms with Gasteiger partial charge in [-0.05, 0) is 0 Å². The summed E-state index contributed by atoms with van der Waals surface area (Å²) >= 11 is 15.3. The second-order valence-electron chi connectivity index (χ2n) is 1.29. The smallest absolute Gasteiger partial charge is 0.249 e. The van der Waals surface area contributed by atoms with E-state index in [1.165, 1.54) is 0 Å². The van der Waals surface area contributed by atoms with Gasteiger partial charge in [0.25, 0.3) is 0 Å². The van der Waals surface area contributed by atoms with Crippen molar-refractivity contribution in [3.8, 4) is 0 Å². The molecule has 0 fully saturated rings. The van der Waals surface area contributed by atoms with E-state index >= 15 is 0 Å². The molecule has 0 bridgehead atoms. The fourth-order valence-electron chi connectivity index (χ4n) is 0.191. The molecule has 0 heterocycles. The lowest BCUT2D eigenvalue weighted by Gasteiger charge is -2.04. The van der Waals surface area contributed by atoms with Crippen LogP contribution in [-0.2, 0) is 9.59 Å². The Morgan fingerprint density at radius 2 is 1.89 bits per heavy atom. The maximum atomic E-state index is 10.4. The monoisotopic (exact) mass is 188 g/mol. The highest BCUT2D eigenvalue weighted by molar-refractivity contribution is 6.76. The van der Waals surface area contributed by atoms with Crippen molar-refractivity contribution in [3.63, 3.8) is 0 Å². The summed E-state index contributed by atoms with van der Waals surface area (Å²) in [5, 5.41) is 0. The van der Waals surface area contributed by atoms with Crippen LogP contribution in [0.3, 0.4) is 0 Å². The molecule has 9 heavy (non-hydrogen) atoms. The molecule has 0 unspecified atom stereocenters. The molecular weight excluding hydrogens is 186 g/mol. The molecule has 2 nitrogen and oxygen atoms in total. The summed E-state index contributed by atoms with van der Waals surface area (Å²) in [4.78, 5) is 20.1. The number of halogens is 3. The van der Waals surface area contributed by atoms with Crippen LogP contribution in [0.25, 0.3) is 0 Å². The third-order valence-corrected chi connectivity index (χ3v) is 1.22. The SMILES string of the molecule is O=CCC(=O)C(Cl)(Cl)Cl. The van der Waals surface area contributed by atoms with Crippen LogP contribution >= 0.6 is 34.8 Å². The molecule has 0 rings (SSSR count). The second kappa shape index (κ2) is 3.40. The number of hydrogen-bond acceptors (Lipinski definition) is 2. The van der Waals surface area contributed by atoms with Crippen LogP contribution in [0.2, 0.25) is 0 Å². The van der Waals surface area contributed by atoms with Crippen LogP contribution in [0.5, 0.6) is 0 Å². The first kappa shape index (κ1) is 9.21. The van der Waals surface area contributed by atoms with Crippen molar-refractivity contribution in [2.45, 2.75) is 10.2 Å². The molecule has 52 valence electrons. The number of rotatable bonds is 2. The standard InChI is InChI=1S/C4H3Cl3O2/c5-4(6,7)3(9)1-2-8/h2H,1H2. The van der Waals surface area contributed by atoms with Crippen LogP contribution in [0.15, 0.2) is 0 Å². The van der Waals surface area contributed by atoms with Gasteiger partial charge in [0.05, 0.1) is 6.42 Å². The van der Waals surface area contributed by atoms with E-state index < -0.39 is 9.58 Å². The van der Waals surface area contributed by atoms with Gasteiger partial charge < -0.3 is 4.79 Å². The van der Waals surface area contributed by atoms with Crippen molar-refractivity contribution >= 4 is 46.9 Å². The van der Waals surface area contributed by atoms with Crippen LogP contribution in [0.1, 0.15) is 6.42 Å². The van der Waals surface area contributed by atoms with Gasteiger partial charge in [-0.15, -0.1) is 0 Å². The van der Waals surface area contributed by atoms with E-state index in [0.717, 1.165) is 0 Å². The average Bonchev–Trinajstić information content (AvgIpc) is 1.64. The predicted octanol–water partition coefficient (Wildman–Crippen LogP) is 1.51. The van der Waals surface area contributed by atoms with Gasteiger partial charge in [-0.1, -0.05) is 34.8 Å². The van der Waals surface area contributed by atoms with E-state index in [1.54, 1.807) is 0 Å². The first-order chi connectivity index (χ1) is 3.98. The Morgan fingerprint density at radius 1 is 1.44 bits per heavy atom. The number of ketones is 1. The van der Waals surface area contributed by atoms with Crippen molar-refractivity contribution in [1.29, 1.82) is 0 Å². The summed E-state index contributed by atoms with van der Waals surface area (Å²) in [6.07, 6.45) is 0.0424. The van der Waals surface area contributed by atoms with Crippen molar-refractivity contribution < 1.29 is 9.59 Å². The fourth-order valence-corrected chi connectivity index (χ4v) is 0.423. The highest BCUT2D eigenvalue weighted by Crippen LogP contribution is 2.27. The summed E-state index contributed by atoms with van der Waals surface area (Å²) in [7, 11) is 0. The number of carbonyl (C=O) groups excluding carboxylic acids is 2. The fraction of sp³-hybridized carbons (Fsp3) is 0.500. The lowest BCUT2D eigenvalue weighted by molar-refractivity contribution is -0.121. The van der Waals surface area contributed by atoms with Crippen LogP contribution in [-0.4, -0.2) is 15.9 Å². The van der Waals surface area contributed by atoms with Gasteiger partial charge in [-0.2, -0.15) is 0 Å². The summed E-state index contributed by atoms with van der Waals surface area (Å²) in [5.74, 6) is -0.706. The van der Waals surface area contributed by atoms with E-state index in [9.17, 15) is 9.59 Å². The molecule has 0 saturated carbocycles. The molecule has 0 atom stereocenters. The minimum atomic E-state index is -1.94. The third-order valence-electron chi connectivity index (χ3n) is 0.585. The summed E-state index contributed by atoms with van der Waals surface area (Å²) in [6, 6.07) is 0. The first-order valence-electron chi connectivity index (χ1n) is 2.02. The molecule has 0 N–H and O–H groups in total. The zero-order chi connectivity index (χ0) is 7.49. The van der Waals surface area contributed by atoms with Crippen LogP contribution in [0, 0.1) is 0 Å². The molecule has 0 aliphatic carbocycles. The highest BCUT2D eigenvalue weighted by atomic mass is 35.6. The topological polar surface area (TPSA) is 34.1 Å². The van der Waals surface area contributed by atoms with Gasteiger partial charge in [0.1, 0.15) is 6.29 Å². The Morgan fingerprint density at radius 3 is 2.00 bits per heavy atom. The molecule has 0 aromatic carbocycles. The Labute approximate surface area is 67.1 Å². The number of carbonyl (C=O) groups is 2. The summed E-state index contributed by atoms with van der Waals surface area (Å²) < 4.78 is -1.94. The van der Waals surface area contributed by atoms with Gasteiger partial charge in [0.2, 0.25) is 3.79 Å².